The number of hydrogen-bond donors (Lipinski definition) is 3. The number of aliphatic hydroxyl groups is 1. The predicted molar refractivity (Wildman–Crippen MR) is 135 cm³/mol. The highest BCUT2D eigenvalue weighted by Gasteiger charge is 2.14. The number of aromatic nitrogens is 2. The molecule has 31 heavy (non-hydrogen) atoms. The van der Waals surface area contributed by atoms with Crippen LogP contribution < -0.4 is 20.1 Å². The van der Waals surface area contributed by atoms with Crippen LogP contribution in [0.1, 0.15) is 36.4 Å². The van der Waals surface area contributed by atoms with Crippen LogP contribution in [0.2, 0.25) is 0 Å². The van der Waals surface area contributed by atoms with Crippen LogP contribution in [0.25, 0.3) is 0 Å². The van der Waals surface area contributed by atoms with Crippen molar-refractivity contribution < 1.29 is 14.6 Å². The molecular weight excluding hydrogens is 509 g/mol. The van der Waals surface area contributed by atoms with Gasteiger partial charge in [-0.25, -0.2) is 4.99 Å². The van der Waals surface area contributed by atoms with E-state index in [4.69, 9.17) is 19.6 Å². The molecule has 2 aromatic rings. The standard InChI is InChI=1S/C22H35N5O3.HI/c1-7-23-22(25-15(2)12-19-16(3)26-27(5)17(19)4)24-14-18-8-9-20(30-11-10-28)21(13-18)29-6;/h8-9,13,15,28H,7,10-12,14H2,1-6H3,(H2,23,24,25);1H. The van der Waals surface area contributed by atoms with Gasteiger partial charge in [-0.15, -0.1) is 24.0 Å². The molecule has 8 nitrogen and oxygen atoms in total. The highest BCUT2D eigenvalue weighted by atomic mass is 127. The molecule has 1 aromatic heterocycles. The molecule has 3 N–H and O–H groups in total. The quantitative estimate of drug-likeness (QED) is 0.242. The second-order valence-electron chi connectivity index (χ2n) is 7.27. The minimum atomic E-state index is -0.0385. The van der Waals surface area contributed by atoms with E-state index in [1.807, 2.05) is 36.9 Å². The van der Waals surface area contributed by atoms with Gasteiger partial charge in [0.15, 0.2) is 17.5 Å². The van der Waals surface area contributed by atoms with E-state index in [1.165, 1.54) is 11.3 Å². The third-order valence-corrected chi connectivity index (χ3v) is 4.89. The maximum absolute atomic E-state index is 8.94. The zero-order valence-corrected chi connectivity index (χ0v) is 21.7. The van der Waals surface area contributed by atoms with Crippen LogP contribution in [0.5, 0.6) is 11.5 Å². The zero-order chi connectivity index (χ0) is 22.1. The molecule has 2 rings (SSSR count). The molecule has 1 atom stereocenters. The van der Waals surface area contributed by atoms with Crippen LogP contribution in [0.15, 0.2) is 23.2 Å². The molecule has 0 fully saturated rings. The van der Waals surface area contributed by atoms with Crippen molar-refractivity contribution in [3.8, 4) is 11.5 Å². The van der Waals surface area contributed by atoms with Gasteiger partial charge < -0.3 is 25.2 Å². The molecule has 174 valence electrons. The van der Waals surface area contributed by atoms with E-state index < -0.39 is 0 Å². The van der Waals surface area contributed by atoms with Crippen LogP contribution in [0.3, 0.4) is 0 Å². The molecule has 0 spiro atoms. The van der Waals surface area contributed by atoms with Crippen molar-refractivity contribution in [3.63, 3.8) is 0 Å². The fraction of sp³-hybridized carbons (Fsp3) is 0.545. The molecule has 0 aliphatic carbocycles. The number of rotatable bonds is 10. The van der Waals surface area contributed by atoms with Crippen LogP contribution in [0, 0.1) is 13.8 Å². The predicted octanol–water partition coefficient (Wildman–Crippen LogP) is 2.72. The summed E-state index contributed by atoms with van der Waals surface area (Å²) in [7, 11) is 3.58. The highest BCUT2D eigenvalue weighted by Crippen LogP contribution is 2.28. The topological polar surface area (TPSA) is 92.9 Å². The summed E-state index contributed by atoms with van der Waals surface area (Å²) in [5, 5.41) is 20.2. The van der Waals surface area contributed by atoms with E-state index in [9.17, 15) is 0 Å². The molecule has 0 amide bonds. The molecule has 0 aliphatic rings. The van der Waals surface area contributed by atoms with Crippen molar-refractivity contribution in [2.75, 3.05) is 26.9 Å². The number of nitrogens with one attached hydrogen (secondary N) is 2. The number of nitrogens with zero attached hydrogens (tertiary/aromatic N) is 3. The lowest BCUT2D eigenvalue weighted by Crippen LogP contribution is -2.43. The summed E-state index contributed by atoms with van der Waals surface area (Å²) in [5.41, 5.74) is 4.54. The summed E-state index contributed by atoms with van der Waals surface area (Å²) >= 11 is 0. The van der Waals surface area contributed by atoms with Crippen molar-refractivity contribution in [3.05, 3.63) is 40.7 Å². The Morgan fingerprint density at radius 2 is 2.03 bits per heavy atom. The minimum Gasteiger partial charge on any atom is -0.493 e. The number of ether oxygens (including phenoxy) is 2. The van der Waals surface area contributed by atoms with E-state index in [1.54, 1.807) is 7.11 Å². The number of methoxy groups -OCH3 is 1. The Bertz CT molecular complexity index is 854. The molecule has 0 bridgehead atoms. The fourth-order valence-corrected chi connectivity index (χ4v) is 3.28. The maximum atomic E-state index is 8.94. The first-order valence-electron chi connectivity index (χ1n) is 10.3. The molecule has 1 heterocycles. The normalized spacial score (nSPS) is 12.2. The third kappa shape index (κ3) is 7.88. The van der Waals surface area contributed by atoms with Crippen LogP contribution in [-0.2, 0) is 20.0 Å². The van der Waals surface area contributed by atoms with Gasteiger partial charge in [0.2, 0.25) is 0 Å². The van der Waals surface area contributed by atoms with Crippen LogP contribution in [-0.4, -0.2) is 53.8 Å². The van der Waals surface area contributed by atoms with Gasteiger partial charge in [-0.1, -0.05) is 6.07 Å². The maximum Gasteiger partial charge on any atom is 0.191 e. The first kappa shape index (κ1) is 27.0. The summed E-state index contributed by atoms with van der Waals surface area (Å²) in [6, 6.07) is 5.91. The third-order valence-electron chi connectivity index (χ3n) is 4.89. The Labute approximate surface area is 202 Å². The lowest BCUT2D eigenvalue weighted by Gasteiger charge is -2.18. The van der Waals surface area contributed by atoms with Gasteiger partial charge in [0.1, 0.15) is 6.61 Å². The Balaban J connectivity index is 0.00000480. The molecule has 9 heteroatoms. The molecule has 0 saturated carbocycles. The van der Waals surface area contributed by atoms with Crippen molar-refractivity contribution in [2.24, 2.45) is 12.0 Å². The van der Waals surface area contributed by atoms with Crippen molar-refractivity contribution >= 4 is 29.9 Å². The van der Waals surface area contributed by atoms with Crippen LogP contribution in [0.4, 0.5) is 0 Å². The summed E-state index contributed by atoms with van der Waals surface area (Å²) in [5.74, 6) is 2.01. The fourth-order valence-electron chi connectivity index (χ4n) is 3.28. The minimum absolute atomic E-state index is 0. The number of hydrogen-bond acceptors (Lipinski definition) is 5. The van der Waals surface area contributed by atoms with Crippen molar-refractivity contribution in [1.29, 1.82) is 0 Å². The van der Waals surface area contributed by atoms with E-state index in [2.05, 4.69) is 36.5 Å². The molecular formula is C22H36IN5O3. The smallest absolute Gasteiger partial charge is 0.191 e. The first-order valence-corrected chi connectivity index (χ1v) is 10.3. The number of guanidine groups is 1. The number of aliphatic imine (C=N–C) groups is 1. The van der Waals surface area contributed by atoms with Gasteiger partial charge in [0, 0.05) is 25.3 Å². The SMILES string of the molecule is CCNC(=NCc1ccc(OCCO)c(OC)c1)NC(C)Cc1c(C)nn(C)c1C.I. The number of aryl methyl sites for hydroxylation is 2. The van der Waals surface area contributed by atoms with Crippen LogP contribution >= 0.6 is 24.0 Å². The number of aliphatic hydroxyl groups excluding tert-OH is 1. The first-order chi connectivity index (χ1) is 14.4. The van der Waals surface area contributed by atoms with E-state index in [0.29, 0.717) is 18.0 Å². The zero-order valence-electron chi connectivity index (χ0n) is 19.4. The average molecular weight is 545 g/mol. The van der Waals surface area contributed by atoms with Crippen molar-refractivity contribution in [1.82, 2.24) is 20.4 Å². The van der Waals surface area contributed by atoms with Gasteiger partial charge in [-0.2, -0.15) is 5.10 Å². The highest BCUT2D eigenvalue weighted by molar-refractivity contribution is 14.0. The lowest BCUT2D eigenvalue weighted by atomic mass is 10.1. The van der Waals surface area contributed by atoms with Gasteiger partial charge in [0.05, 0.1) is 26.0 Å². The Hall–Kier alpha value is -2.01. The second kappa shape index (κ2) is 13.4. The average Bonchev–Trinajstić information content (AvgIpc) is 2.96. The Kier molecular flexibility index (Phi) is 11.7. The second-order valence-corrected chi connectivity index (χ2v) is 7.27. The van der Waals surface area contributed by atoms with E-state index in [0.717, 1.165) is 30.2 Å². The molecule has 0 radical (unpaired) electrons. The van der Waals surface area contributed by atoms with Gasteiger partial charge >= 0.3 is 0 Å². The molecule has 0 saturated heterocycles. The molecule has 1 aromatic carbocycles. The van der Waals surface area contributed by atoms with Crippen molar-refractivity contribution in [2.45, 2.75) is 46.7 Å². The summed E-state index contributed by atoms with van der Waals surface area (Å²) in [6.45, 7) is 9.82. The summed E-state index contributed by atoms with van der Waals surface area (Å²) in [4.78, 5) is 4.72. The number of benzene rings is 1. The molecule has 1 unspecified atom stereocenters. The van der Waals surface area contributed by atoms with E-state index >= 15 is 0 Å². The monoisotopic (exact) mass is 545 g/mol. The van der Waals surface area contributed by atoms with Gasteiger partial charge in [0.25, 0.3) is 0 Å². The Morgan fingerprint density at radius 3 is 2.61 bits per heavy atom. The van der Waals surface area contributed by atoms with Gasteiger partial charge in [-0.05, 0) is 57.4 Å². The largest absolute Gasteiger partial charge is 0.493 e. The Morgan fingerprint density at radius 1 is 1.29 bits per heavy atom. The van der Waals surface area contributed by atoms with Gasteiger partial charge in [-0.3, -0.25) is 4.68 Å². The summed E-state index contributed by atoms with van der Waals surface area (Å²) < 4.78 is 12.8. The summed E-state index contributed by atoms with van der Waals surface area (Å²) in [6.07, 6.45) is 0.876. The number of halogens is 1. The van der Waals surface area contributed by atoms with E-state index in [-0.39, 0.29) is 43.2 Å². The molecule has 0 aliphatic heterocycles. The lowest BCUT2D eigenvalue weighted by molar-refractivity contribution is 0.196.